The summed E-state index contributed by atoms with van der Waals surface area (Å²) in [6.45, 7) is 1.73. The molecule has 1 atom stereocenters. The molecule has 22 heavy (non-hydrogen) atoms. The molecule has 0 bridgehead atoms. The van der Waals surface area contributed by atoms with E-state index < -0.39 is 11.3 Å². The molecule has 0 aliphatic heterocycles. The number of nitrogens with zero attached hydrogens (tertiary/aromatic N) is 2. The maximum Gasteiger partial charge on any atom is 0.321 e. The minimum Gasteiger partial charge on any atom is -0.357 e. The topological polar surface area (TPSA) is 96.0 Å². The second-order valence-corrected chi connectivity index (χ2v) is 7.75. The summed E-state index contributed by atoms with van der Waals surface area (Å²) in [4.78, 5) is 22.9. The van der Waals surface area contributed by atoms with Crippen molar-refractivity contribution in [2.24, 2.45) is 0 Å². The minimum atomic E-state index is -0.505. The Hall–Kier alpha value is -1.35. The molecule has 0 spiro atoms. The van der Waals surface area contributed by atoms with Gasteiger partial charge in [-0.25, -0.2) is 4.79 Å². The first-order valence-corrected chi connectivity index (χ1v) is 9.07. The SMILES string of the molecule is CNC(=O)NC(=O)C(C)Sc1nnc(NC2CCCCC2)s1. The average molecular weight is 343 g/mol. The largest absolute Gasteiger partial charge is 0.357 e. The van der Waals surface area contributed by atoms with E-state index in [1.807, 2.05) is 0 Å². The van der Waals surface area contributed by atoms with Crippen LogP contribution in [0.2, 0.25) is 0 Å². The van der Waals surface area contributed by atoms with Crippen LogP contribution in [0.1, 0.15) is 39.0 Å². The van der Waals surface area contributed by atoms with Gasteiger partial charge in [0.1, 0.15) is 0 Å². The van der Waals surface area contributed by atoms with Crippen molar-refractivity contribution < 1.29 is 9.59 Å². The highest BCUT2D eigenvalue weighted by Crippen LogP contribution is 2.30. The summed E-state index contributed by atoms with van der Waals surface area (Å²) < 4.78 is 0.720. The number of aromatic nitrogens is 2. The Morgan fingerprint density at radius 2 is 2.00 bits per heavy atom. The Morgan fingerprint density at radius 1 is 1.27 bits per heavy atom. The smallest absolute Gasteiger partial charge is 0.321 e. The lowest BCUT2D eigenvalue weighted by molar-refractivity contribution is -0.119. The number of rotatable bonds is 5. The van der Waals surface area contributed by atoms with E-state index in [1.165, 1.54) is 62.3 Å². The predicted octanol–water partition coefficient (Wildman–Crippen LogP) is 2.22. The number of urea groups is 1. The monoisotopic (exact) mass is 343 g/mol. The lowest BCUT2D eigenvalue weighted by Crippen LogP contribution is -2.41. The van der Waals surface area contributed by atoms with Gasteiger partial charge in [0.05, 0.1) is 5.25 Å². The van der Waals surface area contributed by atoms with E-state index in [0.717, 1.165) is 9.47 Å². The Labute approximate surface area is 138 Å². The van der Waals surface area contributed by atoms with Gasteiger partial charge < -0.3 is 10.6 Å². The molecule has 1 unspecified atom stereocenters. The molecule has 1 fully saturated rings. The van der Waals surface area contributed by atoms with Crippen molar-refractivity contribution in [2.45, 2.75) is 54.7 Å². The number of amides is 3. The van der Waals surface area contributed by atoms with Crippen LogP contribution in [0, 0.1) is 0 Å². The molecule has 9 heteroatoms. The highest BCUT2D eigenvalue weighted by molar-refractivity contribution is 8.02. The molecule has 7 nitrogen and oxygen atoms in total. The Balaban J connectivity index is 1.83. The van der Waals surface area contributed by atoms with Gasteiger partial charge in [-0.2, -0.15) is 0 Å². The van der Waals surface area contributed by atoms with Crippen LogP contribution in [-0.4, -0.2) is 40.5 Å². The highest BCUT2D eigenvalue weighted by atomic mass is 32.2. The van der Waals surface area contributed by atoms with Crippen LogP contribution in [0.3, 0.4) is 0 Å². The van der Waals surface area contributed by atoms with Gasteiger partial charge in [0.2, 0.25) is 11.0 Å². The third-order valence-electron chi connectivity index (χ3n) is 3.45. The van der Waals surface area contributed by atoms with Gasteiger partial charge in [-0.1, -0.05) is 42.4 Å². The summed E-state index contributed by atoms with van der Waals surface area (Å²) in [5, 5.41) is 16.6. The van der Waals surface area contributed by atoms with Crippen LogP contribution < -0.4 is 16.0 Å². The highest BCUT2D eigenvalue weighted by Gasteiger charge is 2.20. The van der Waals surface area contributed by atoms with Crippen molar-refractivity contribution in [3.8, 4) is 0 Å². The van der Waals surface area contributed by atoms with Crippen LogP contribution in [0.15, 0.2) is 4.34 Å². The van der Waals surface area contributed by atoms with Crippen molar-refractivity contribution in [3.05, 3.63) is 0 Å². The van der Waals surface area contributed by atoms with Crippen molar-refractivity contribution in [3.63, 3.8) is 0 Å². The summed E-state index contributed by atoms with van der Waals surface area (Å²) in [6, 6.07) is -0.0251. The van der Waals surface area contributed by atoms with Crippen LogP contribution >= 0.6 is 23.1 Å². The van der Waals surface area contributed by atoms with Crippen molar-refractivity contribution in [1.82, 2.24) is 20.8 Å². The number of anilines is 1. The molecule has 1 aliphatic carbocycles. The standard InChI is InChI=1S/C13H21N5O2S2/c1-8(10(19)16-11(20)14-2)21-13-18-17-12(22-13)15-9-6-4-3-5-7-9/h8-9H,3-7H2,1-2H3,(H,15,17)(H2,14,16,19,20). The maximum absolute atomic E-state index is 11.8. The van der Waals surface area contributed by atoms with E-state index in [0.29, 0.717) is 6.04 Å². The number of carbonyl (C=O) groups is 2. The second kappa shape index (κ2) is 8.33. The van der Waals surface area contributed by atoms with Crippen molar-refractivity contribution in [2.75, 3.05) is 12.4 Å². The van der Waals surface area contributed by atoms with Crippen LogP contribution in [0.4, 0.5) is 9.93 Å². The fraction of sp³-hybridized carbons (Fsp3) is 0.692. The Morgan fingerprint density at radius 3 is 2.68 bits per heavy atom. The molecule has 1 heterocycles. The lowest BCUT2D eigenvalue weighted by atomic mass is 9.96. The summed E-state index contributed by atoms with van der Waals surface area (Å²) >= 11 is 2.75. The molecule has 0 aromatic carbocycles. The zero-order valence-electron chi connectivity index (χ0n) is 12.7. The molecule has 122 valence electrons. The first-order chi connectivity index (χ1) is 10.6. The Bertz CT molecular complexity index is 516. The number of carbonyl (C=O) groups excluding carboxylic acids is 2. The summed E-state index contributed by atoms with van der Waals surface area (Å²) in [5.74, 6) is -0.346. The fourth-order valence-corrected chi connectivity index (χ4v) is 4.19. The molecular weight excluding hydrogens is 322 g/mol. The van der Waals surface area contributed by atoms with Gasteiger partial charge in [0.15, 0.2) is 4.34 Å². The molecule has 1 aromatic heterocycles. The van der Waals surface area contributed by atoms with Gasteiger partial charge >= 0.3 is 6.03 Å². The number of thioether (sulfide) groups is 1. The summed E-state index contributed by atoms with van der Waals surface area (Å²) in [7, 11) is 1.47. The predicted molar refractivity (Wildman–Crippen MR) is 88.3 cm³/mol. The Kier molecular flexibility index (Phi) is 6.44. The van der Waals surface area contributed by atoms with E-state index >= 15 is 0 Å². The van der Waals surface area contributed by atoms with E-state index in [2.05, 4.69) is 26.1 Å². The zero-order valence-corrected chi connectivity index (χ0v) is 14.4. The van der Waals surface area contributed by atoms with E-state index in [-0.39, 0.29) is 5.91 Å². The van der Waals surface area contributed by atoms with E-state index in [4.69, 9.17) is 0 Å². The first kappa shape index (κ1) is 17.0. The molecule has 1 aliphatic rings. The maximum atomic E-state index is 11.8. The normalized spacial score (nSPS) is 16.8. The third-order valence-corrected chi connectivity index (χ3v) is 5.49. The molecular formula is C13H21N5O2S2. The molecule has 3 N–H and O–H groups in total. The van der Waals surface area contributed by atoms with Gasteiger partial charge in [-0.3, -0.25) is 10.1 Å². The fourth-order valence-electron chi connectivity index (χ4n) is 2.22. The zero-order chi connectivity index (χ0) is 15.9. The van der Waals surface area contributed by atoms with Crippen molar-refractivity contribution in [1.29, 1.82) is 0 Å². The molecule has 2 rings (SSSR count). The third kappa shape index (κ3) is 5.13. The van der Waals surface area contributed by atoms with Gasteiger partial charge in [0.25, 0.3) is 0 Å². The minimum absolute atomic E-state index is 0.346. The molecule has 3 amide bonds. The quantitative estimate of drug-likeness (QED) is 0.710. The van der Waals surface area contributed by atoms with Crippen molar-refractivity contribution >= 4 is 40.2 Å². The number of nitrogens with one attached hydrogen (secondary N) is 3. The van der Waals surface area contributed by atoms with Gasteiger partial charge in [0, 0.05) is 13.1 Å². The lowest BCUT2D eigenvalue weighted by Gasteiger charge is -2.21. The molecule has 0 radical (unpaired) electrons. The van der Waals surface area contributed by atoms with Crippen LogP contribution in [0.5, 0.6) is 0 Å². The van der Waals surface area contributed by atoms with Crippen LogP contribution in [0.25, 0.3) is 0 Å². The number of hydrogen-bond acceptors (Lipinski definition) is 7. The molecule has 1 aromatic rings. The number of hydrogen-bond donors (Lipinski definition) is 3. The summed E-state index contributed by atoms with van der Waals surface area (Å²) in [5.41, 5.74) is 0. The average Bonchev–Trinajstić information content (AvgIpc) is 2.95. The van der Waals surface area contributed by atoms with Gasteiger partial charge in [-0.05, 0) is 19.8 Å². The summed E-state index contributed by atoms with van der Waals surface area (Å²) in [6.07, 6.45) is 6.18. The molecule has 1 saturated carbocycles. The first-order valence-electron chi connectivity index (χ1n) is 7.37. The van der Waals surface area contributed by atoms with E-state index in [1.54, 1.807) is 6.92 Å². The number of imide groups is 1. The van der Waals surface area contributed by atoms with Crippen LogP contribution in [-0.2, 0) is 4.79 Å². The second-order valence-electron chi connectivity index (χ2n) is 5.18. The van der Waals surface area contributed by atoms with E-state index in [9.17, 15) is 9.59 Å². The van der Waals surface area contributed by atoms with Gasteiger partial charge in [-0.15, -0.1) is 10.2 Å². The molecule has 0 saturated heterocycles.